The number of alkyl halides is 2. The average molecular weight is 491 g/mol. The number of aromatic nitrogens is 1. The molecule has 4 rings (SSSR count). The molecular weight excluding hydrogens is 449 g/mol. The van der Waals surface area contributed by atoms with Gasteiger partial charge in [-0.1, -0.05) is 13.8 Å². The van der Waals surface area contributed by atoms with Crippen molar-refractivity contribution in [2.24, 2.45) is 5.41 Å². The molecule has 1 aromatic heterocycles. The maximum atomic E-state index is 13.8. The number of piperidine rings is 1. The van der Waals surface area contributed by atoms with Crippen molar-refractivity contribution in [3.8, 4) is 0 Å². The lowest BCUT2D eigenvalue weighted by atomic mass is 9.64. The van der Waals surface area contributed by atoms with E-state index in [1.807, 2.05) is 30.6 Å². The molecule has 0 atom stereocenters. The van der Waals surface area contributed by atoms with Crippen LogP contribution in [0.2, 0.25) is 0 Å². The van der Waals surface area contributed by atoms with E-state index in [4.69, 9.17) is 9.15 Å². The SMILES string of the molecule is CC.CCOC(=O)N1CCC2(CC(N3CCC(N(Cc4cnco4)CC(C)(F)F)CC3)C2)C1.F. The Labute approximate surface area is 201 Å². The van der Waals surface area contributed by atoms with Crippen molar-refractivity contribution in [2.45, 2.75) is 84.4 Å². The molecule has 0 bridgehead atoms. The van der Waals surface area contributed by atoms with Gasteiger partial charge in [-0.3, -0.25) is 9.60 Å². The summed E-state index contributed by atoms with van der Waals surface area (Å²) in [6.07, 6.45) is 7.79. The highest BCUT2D eigenvalue weighted by molar-refractivity contribution is 5.68. The lowest BCUT2D eigenvalue weighted by Crippen LogP contribution is -2.56. The number of carbonyl (C=O) groups excluding carboxylic acids is 1. The van der Waals surface area contributed by atoms with Crippen LogP contribution < -0.4 is 0 Å². The topological polar surface area (TPSA) is 62.1 Å². The number of ether oxygens (including phenoxy) is 1. The van der Waals surface area contributed by atoms with E-state index in [0.717, 1.165) is 65.2 Å². The minimum Gasteiger partial charge on any atom is -0.450 e. The molecule has 1 spiro atoms. The molecule has 1 aromatic rings. The molecule has 0 N–H and O–H groups in total. The normalized spacial score (nSPS) is 25.5. The molecule has 34 heavy (non-hydrogen) atoms. The molecule has 0 unspecified atom stereocenters. The quantitative estimate of drug-likeness (QED) is 0.548. The third-order valence-electron chi connectivity index (χ3n) is 7.16. The number of hydrogen-bond donors (Lipinski definition) is 0. The van der Waals surface area contributed by atoms with Crippen molar-refractivity contribution in [1.29, 1.82) is 0 Å². The summed E-state index contributed by atoms with van der Waals surface area (Å²) in [4.78, 5) is 22.1. The zero-order valence-corrected chi connectivity index (χ0v) is 21.0. The van der Waals surface area contributed by atoms with Gasteiger partial charge in [0.05, 0.1) is 25.9 Å². The van der Waals surface area contributed by atoms with Crippen molar-refractivity contribution >= 4 is 6.09 Å². The predicted molar refractivity (Wildman–Crippen MR) is 125 cm³/mol. The Morgan fingerprint density at radius 2 is 1.97 bits per heavy atom. The monoisotopic (exact) mass is 490 g/mol. The number of oxazole rings is 1. The van der Waals surface area contributed by atoms with Crippen molar-refractivity contribution < 1.29 is 27.4 Å². The lowest BCUT2D eigenvalue weighted by Gasteiger charge is -2.52. The maximum Gasteiger partial charge on any atom is 0.409 e. The molecule has 2 saturated heterocycles. The largest absolute Gasteiger partial charge is 0.450 e. The highest BCUT2D eigenvalue weighted by atomic mass is 19.3. The fourth-order valence-electron chi connectivity index (χ4n) is 5.64. The Morgan fingerprint density at radius 3 is 2.53 bits per heavy atom. The molecule has 1 aliphatic carbocycles. The highest BCUT2D eigenvalue weighted by Gasteiger charge is 2.51. The van der Waals surface area contributed by atoms with Crippen LogP contribution in [0.1, 0.15) is 65.6 Å². The molecule has 3 fully saturated rings. The van der Waals surface area contributed by atoms with E-state index < -0.39 is 5.92 Å². The summed E-state index contributed by atoms with van der Waals surface area (Å²) in [5, 5.41) is 0. The average Bonchev–Trinajstić information content (AvgIpc) is 3.43. The standard InChI is InChI=1S/C22H34F2N4O3.C2H6.FH/c1-3-30-20(29)27-9-6-22(15-27)10-18(11-22)26-7-4-17(5-8-26)28(14-21(2,23)24)13-19-12-25-16-31-19;1-2;/h12,16-18H,3-11,13-15H2,1-2H3;1-2H3;1H. The van der Waals surface area contributed by atoms with Gasteiger partial charge in [0.25, 0.3) is 5.92 Å². The summed E-state index contributed by atoms with van der Waals surface area (Å²) in [6.45, 7) is 10.8. The van der Waals surface area contributed by atoms with Gasteiger partial charge in [0.15, 0.2) is 6.39 Å². The summed E-state index contributed by atoms with van der Waals surface area (Å²) in [5.41, 5.74) is 0.247. The number of nitrogens with zero attached hydrogens (tertiary/aromatic N) is 4. The lowest BCUT2D eigenvalue weighted by molar-refractivity contribution is -0.0515. The Kier molecular flexibility index (Phi) is 10.2. The summed E-state index contributed by atoms with van der Waals surface area (Å²) in [7, 11) is 0. The van der Waals surface area contributed by atoms with Crippen LogP contribution in [0, 0.1) is 5.41 Å². The Bertz CT molecular complexity index is 730. The molecule has 1 amide bonds. The molecule has 1 saturated carbocycles. The van der Waals surface area contributed by atoms with Gasteiger partial charge in [0, 0.05) is 32.1 Å². The first-order chi connectivity index (χ1) is 15.8. The first-order valence-corrected chi connectivity index (χ1v) is 12.4. The maximum absolute atomic E-state index is 13.8. The number of likely N-dealkylation sites (tertiary alicyclic amines) is 2. The third-order valence-corrected chi connectivity index (χ3v) is 7.16. The van der Waals surface area contributed by atoms with Crippen molar-refractivity contribution in [3.05, 3.63) is 18.4 Å². The van der Waals surface area contributed by atoms with Crippen molar-refractivity contribution in [3.63, 3.8) is 0 Å². The third kappa shape index (κ3) is 7.10. The first kappa shape index (κ1) is 28.4. The number of carbonyl (C=O) groups is 1. The number of halogens is 3. The van der Waals surface area contributed by atoms with E-state index in [1.165, 1.54) is 6.39 Å². The van der Waals surface area contributed by atoms with Crippen LogP contribution in [0.3, 0.4) is 0 Å². The van der Waals surface area contributed by atoms with Crippen molar-refractivity contribution in [1.82, 2.24) is 19.7 Å². The fraction of sp³-hybridized carbons (Fsp3) is 0.833. The van der Waals surface area contributed by atoms with Crippen LogP contribution in [0.15, 0.2) is 17.0 Å². The fourth-order valence-corrected chi connectivity index (χ4v) is 5.64. The highest BCUT2D eigenvalue weighted by Crippen LogP contribution is 2.50. The van der Waals surface area contributed by atoms with Gasteiger partial charge in [0.2, 0.25) is 0 Å². The number of hydrogen-bond acceptors (Lipinski definition) is 6. The summed E-state index contributed by atoms with van der Waals surface area (Å²) in [6, 6.07) is 0.658. The van der Waals surface area contributed by atoms with Gasteiger partial charge in [-0.2, -0.15) is 0 Å². The van der Waals surface area contributed by atoms with Crippen LogP contribution in [-0.2, 0) is 11.3 Å². The van der Waals surface area contributed by atoms with Gasteiger partial charge >= 0.3 is 6.09 Å². The zero-order chi connectivity index (χ0) is 24.1. The van der Waals surface area contributed by atoms with Crippen LogP contribution in [0.4, 0.5) is 18.3 Å². The van der Waals surface area contributed by atoms with Crippen molar-refractivity contribution in [2.75, 3.05) is 39.3 Å². The smallest absolute Gasteiger partial charge is 0.409 e. The van der Waals surface area contributed by atoms with Gasteiger partial charge in [-0.15, -0.1) is 0 Å². The summed E-state index contributed by atoms with van der Waals surface area (Å²) >= 11 is 0. The second-order valence-corrected chi connectivity index (χ2v) is 9.64. The molecule has 196 valence electrons. The van der Waals surface area contributed by atoms with E-state index in [1.54, 1.807) is 6.20 Å². The predicted octanol–water partition coefficient (Wildman–Crippen LogP) is 4.79. The molecular formula is C24H41F3N4O3. The minimum atomic E-state index is -2.75. The second kappa shape index (κ2) is 12.2. The molecule has 3 heterocycles. The van der Waals surface area contributed by atoms with E-state index in [-0.39, 0.29) is 28.8 Å². The van der Waals surface area contributed by atoms with Gasteiger partial charge in [-0.25, -0.2) is 18.6 Å². The van der Waals surface area contributed by atoms with Crippen LogP contribution in [-0.4, -0.2) is 83.1 Å². The number of rotatable bonds is 7. The van der Waals surface area contributed by atoms with Crippen LogP contribution in [0.25, 0.3) is 0 Å². The number of amides is 1. The first-order valence-electron chi connectivity index (χ1n) is 12.4. The Hall–Kier alpha value is -1.81. The Morgan fingerprint density at radius 1 is 1.29 bits per heavy atom. The summed E-state index contributed by atoms with van der Waals surface area (Å²) < 4.78 is 38.0. The van der Waals surface area contributed by atoms with E-state index in [9.17, 15) is 13.6 Å². The zero-order valence-electron chi connectivity index (χ0n) is 21.0. The summed E-state index contributed by atoms with van der Waals surface area (Å²) in [5.74, 6) is -2.12. The van der Waals surface area contributed by atoms with E-state index >= 15 is 0 Å². The van der Waals surface area contributed by atoms with Crippen LogP contribution in [0.5, 0.6) is 0 Å². The van der Waals surface area contributed by atoms with Gasteiger partial charge < -0.3 is 19.0 Å². The molecule has 7 nitrogen and oxygen atoms in total. The minimum absolute atomic E-state index is 0. The second-order valence-electron chi connectivity index (χ2n) is 9.64. The molecule has 2 aliphatic heterocycles. The van der Waals surface area contributed by atoms with Gasteiger partial charge in [-0.05, 0) is 57.5 Å². The Balaban J connectivity index is 0.00000133. The molecule has 10 heteroatoms. The molecule has 0 aromatic carbocycles. The van der Waals surface area contributed by atoms with E-state index in [0.29, 0.717) is 25.0 Å². The van der Waals surface area contributed by atoms with Crippen LogP contribution >= 0.6 is 0 Å². The van der Waals surface area contributed by atoms with Gasteiger partial charge in [0.1, 0.15) is 5.76 Å². The van der Waals surface area contributed by atoms with E-state index in [2.05, 4.69) is 9.88 Å². The molecule has 0 radical (unpaired) electrons. The molecule has 3 aliphatic rings.